The van der Waals surface area contributed by atoms with Crippen molar-refractivity contribution < 1.29 is 19.5 Å². The van der Waals surface area contributed by atoms with Crippen LogP contribution in [0.2, 0.25) is 0 Å². The standard InChI is InChI=1S/C27H42N4O4.C7H16/c1-6-10-24(27(35)29-19-23(32)14-13-20(2)3)30-26(34)22(17-21-11-8-7-9-12-21)18-25(33)31(5)16-15-28-4;1-4-6-7(3)5-2/h1,7-9,11-12,20,22-24,28,32H,10,13-19H2,2-5H3,(H,29,35)(H,30,34);7H,4-6H2,1-3H3/t22-,23+,24+;/m1./s1. The van der Waals surface area contributed by atoms with Crippen molar-refractivity contribution in [2.75, 3.05) is 33.7 Å². The molecule has 0 spiro atoms. The van der Waals surface area contributed by atoms with Gasteiger partial charge in [-0.1, -0.05) is 84.2 Å². The van der Waals surface area contributed by atoms with Gasteiger partial charge in [-0.25, -0.2) is 0 Å². The van der Waals surface area contributed by atoms with E-state index in [1.165, 1.54) is 19.3 Å². The molecule has 238 valence electrons. The highest BCUT2D eigenvalue weighted by molar-refractivity contribution is 5.91. The number of amides is 3. The zero-order chi connectivity index (χ0) is 31.9. The molecule has 0 saturated carbocycles. The molecule has 8 heteroatoms. The Hall–Kier alpha value is -2.89. The summed E-state index contributed by atoms with van der Waals surface area (Å²) in [6.45, 7) is 12.2. The van der Waals surface area contributed by atoms with Gasteiger partial charge in [0.15, 0.2) is 0 Å². The van der Waals surface area contributed by atoms with E-state index in [0.717, 1.165) is 17.9 Å². The predicted octanol–water partition coefficient (Wildman–Crippen LogP) is 4.17. The fourth-order valence-corrected chi connectivity index (χ4v) is 4.21. The molecule has 4 N–H and O–H groups in total. The van der Waals surface area contributed by atoms with E-state index in [4.69, 9.17) is 6.42 Å². The number of terminal acetylenes is 1. The molecule has 0 aromatic heterocycles. The van der Waals surface area contributed by atoms with Crippen LogP contribution < -0.4 is 16.0 Å². The monoisotopic (exact) mass is 586 g/mol. The van der Waals surface area contributed by atoms with Crippen molar-refractivity contribution in [2.45, 2.75) is 98.1 Å². The maximum absolute atomic E-state index is 13.2. The van der Waals surface area contributed by atoms with Crippen LogP contribution in [0.4, 0.5) is 0 Å². The summed E-state index contributed by atoms with van der Waals surface area (Å²) < 4.78 is 0. The van der Waals surface area contributed by atoms with Gasteiger partial charge in [0.2, 0.25) is 17.7 Å². The molecular formula is C34H58N4O4. The molecule has 0 bridgehead atoms. The van der Waals surface area contributed by atoms with Crippen LogP contribution >= 0.6 is 0 Å². The van der Waals surface area contributed by atoms with Crippen LogP contribution in [0.15, 0.2) is 30.3 Å². The lowest BCUT2D eigenvalue weighted by molar-refractivity contribution is -0.136. The number of hydrogen-bond acceptors (Lipinski definition) is 5. The molecule has 1 aromatic carbocycles. The Labute approximate surface area is 255 Å². The normalized spacial score (nSPS) is 13.5. The third-order valence-corrected chi connectivity index (χ3v) is 7.26. The number of carbonyl (C=O) groups is 3. The van der Waals surface area contributed by atoms with Crippen LogP contribution in [0.3, 0.4) is 0 Å². The van der Waals surface area contributed by atoms with Gasteiger partial charge in [0, 0.05) is 39.5 Å². The number of likely N-dealkylation sites (N-methyl/N-ethyl adjacent to an activating group) is 2. The van der Waals surface area contributed by atoms with Gasteiger partial charge < -0.3 is 26.0 Å². The number of aliphatic hydroxyl groups excluding tert-OH is 1. The Bertz CT molecular complexity index is 916. The molecule has 0 saturated heterocycles. The topological polar surface area (TPSA) is 111 Å². The molecule has 1 rings (SSSR count). The van der Waals surface area contributed by atoms with Crippen LogP contribution in [-0.4, -0.2) is 73.6 Å². The summed E-state index contributed by atoms with van der Waals surface area (Å²) in [7, 11) is 3.51. The third-order valence-electron chi connectivity index (χ3n) is 7.26. The summed E-state index contributed by atoms with van der Waals surface area (Å²) in [4.78, 5) is 40.3. The minimum Gasteiger partial charge on any atom is -0.391 e. The number of rotatable bonds is 19. The number of benzene rings is 1. The average Bonchev–Trinajstić information content (AvgIpc) is 2.97. The largest absolute Gasteiger partial charge is 0.391 e. The lowest BCUT2D eigenvalue weighted by Gasteiger charge is -2.24. The van der Waals surface area contributed by atoms with E-state index in [1.807, 2.05) is 37.4 Å². The Morgan fingerprint density at radius 3 is 2.21 bits per heavy atom. The summed E-state index contributed by atoms with van der Waals surface area (Å²) in [5, 5.41) is 18.5. The molecule has 4 atom stereocenters. The molecular weight excluding hydrogens is 528 g/mol. The first kappa shape index (κ1) is 39.1. The van der Waals surface area contributed by atoms with Gasteiger partial charge in [0.05, 0.1) is 12.0 Å². The molecule has 0 fully saturated rings. The van der Waals surface area contributed by atoms with Gasteiger partial charge >= 0.3 is 0 Å². The fraction of sp³-hybridized carbons (Fsp3) is 0.676. The number of carbonyl (C=O) groups excluding carboxylic acids is 3. The van der Waals surface area contributed by atoms with E-state index < -0.39 is 29.9 Å². The van der Waals surface area contributed by atoms with Crippen molar-refractivity contribution >= 4 is 17.7 Å². The zero-order valence-electron chi connectivity index (χ0n) is 27.2. The van der Waals surface area contributed by atoms with Crippen molar-refractivity contribution in [1.29, 1.82) is 0 Å². The summed E-state index contributed by atoms with van der Waals surface area (Å²) in [6.07, 6.45) is 10.7. The Morgan fingerprint density at radius 1 is 1.02 bits per heavy atom. The van der Waals surface area contributed by atoms with Gasteiger partial charge in [-0.2, -0.15) is 0 Å². The first-order valence-electron chi connectivity index (χ1n) is 15.6. The van der Waals surface area contributed by atoms with Crippen molar-refractivity contribution in [3.8, 4) is 12.3 Å². The summed E-state index contributed by atoms with van der Waals surface area (Å²) in [5.41, 5.74) is 0.921. The number of nitrogens with zero attached hydrogens (tertiary/aromatic N) is 1. The van der Waals surface area contributed by atoms with E-state index >= 15 is 0 Å². The van der Waals surface area contributed by atoms with Crippen molar-refractivity contribution in [1.82, 2.24) is 20.9 Å². The van der Waals surface area contributed by atoms with Gasteiger partial charge in [0.1, 0.15) is 6.04 Å². The van der Waals surface area contributed by atoms with E-state index in [1.54, 1.807) is 11.9 Å². The minimum atomic E-state index is -0.944. The highest BCUT2D eigenvalue weighted by Gasteiger charge is 2.28. The highest BCUT2D eigenvalue weighted by atomic mass is 16.3. The average molecular weight is 587 g/mol. The van der Waals surface area contributed by atoms with Crippen molar-refractivity contribution in [3.63, 3.8) is 0 Å². The molecule has 0 aliphatic rings. The van der Waals surface area contributed by atoms with Crippen molar-refractivity contribution in [2.24, 2.45) is 17.8 Å². The van der Waals surface area contributed by atoms with E-state index in [2.05, 4.69) is 56.5 Å². The van der Waals surface area contributed by atoms with Gasteiger partial charge in [-0.05, 0) is 43.7 Å². The maximum atomic E-state index is 13.2. The summed E-state index contributed by atoms with van der Waals surface area (Å²) in [6, 6.07) is 8.51. The molecule has 0 radical (unpaired) electrons. The highest BCUT2D eigenvalue weighted by Crippen LogP contribution is 2.15. The second-order valence-electron chi connectivity index (χ2n) is 11.7. The van der Waals surface area contributed by atoms with Crippen LogP contribution in [0.25, 0.3) is 0 Å². The second kappa shape index (κ2) is 23.6. The van der Waals surface area contributed by atoms with Crippen molar-refractivity contribution in [3.05, 3.63) is 35.9 Å². The maximum Gasteiger partial charge on any atom is 0.243 e. The van der Waals surface area contributed by atoms with Gasteiger partial charge in [-0.3, -0.25) is 14.4 Å². The number of nitrogens with one attached hydrogen (secondary N) is 3. The van der Waals surface area contributed by atoms with Crippen LogP contribution in [0.5, 0.6) is 0 Å². The van der Waals surface area contributed by atoms with E-state index in [0.29, 0.717) is 31.8 Å². The fourth-order valence-electron chi connectivity index (χ4n) is 4.21. The van der Waals surface area contributed by atoms with Gasteiger partial charge in [-0.15, -0.1) is 12.3 Å². The molecule has 1 aromatic rings. The molecule has 0 aliphatic heterocycles. The molecule has 42 heavy (non-hydrogen) atoms. The molecule has 0 aliphatic carbocycles. The van der Waals surface area contributed by atoms with Crippen LogP contribution in [0.1, 0.15) is 85.1 Å². The molecule has 8 nitrogen and oxygen atoms in total. The number of hydrogen-bond donors (Lipinski definition) is 4. The summed E-state index contributed by atoms with van der Waals surface area (Å²) in [5.74, 6) is 2.17. The Kier molecular flexibility index (Phi) is 22.0. The SMILES string of the molecule is C#CC[C@H](NC(=O)[C@@H](CC(=O)N(C)CCNC)Cc1ccccc1)C(=O)NC[C@@H](O)CCC(C)C.CCCC(C)CC. The lowest BCUT2D eigenvalue weighted by atomic mass is 9.94. The Morgan fingerprint density at radius 2 is 1.69 bits per heavy atom. The van der Waals surface area contributed by atoms with Crippen LogP contribution in [-0.2, 0) is 20.8 Å². The first-order valence-corrected chi connectivity index (χ1v) is 15.6. The number of aliphatic hydroxyl groups is 1. The molecule has 3 amide bonds. The van der Waals surface area contributed by atoms with Gasteiger partial charge in [0.25, 0.3) is 0 Å². The molecule has 1 unspecified atom stereocenters. The smallest absolute Gasteiger partial charge is 0.243 e. The first-order chi connectivity index (χ1) is 20.0. The quantitative estimate of drug-likeness (QED) is 0.182. The van der Waals surface area contributed by atoms with Crippen LogP contribution in [0, 0.1) is 30.1 Å². The van der Waals surface area contributed by atoms with E-state index in [9.17, 15) is 19.5 Å². The zero-order valence-corrected chi connectivity index (χ0v) is 27.2. The Balaban J connectivity index is 0.00000212. The van der Waals surface area contributed by atoms with E-state index in [-0.39, 0.29) is 25.3 Å². The second-order valence-corrected chi connectivity index (χ2v) is 11.7. The lowest BCUT2D eigenvalue weighted by Crippen LogP contribution is -2.50. The summed E-state index contributed by atoms with van der Waals surface area (Å²) >= 11 is 0. The third kappa shape index (κ3) is 18.5. The molecule has 0 heterocycles. The predicted molar refractivity (Wildman–Crippen MR) is 173 cm³/mol. The minimum absolute atomic E-state index is 0.00768.